The summed E-state index contributed by atoms with van der Waals surface area (Å²) in [7, 11) is 0. The molecule has 0 radical (unpaired) electrons. The Morgan fingerprint density at radius 3 is 2.57 bits per heavy atom. The zero-order chi connectivity index (χ0) is 15.6. The highest BCUT2D eigenvalue weighted by atomic mass is 79.9. The van der Waals surface area contributed by atoms with Gasteiger partial charge in [-0.1, -0.05) is 22.0 Å². The third-order valence-electron chi connectivity index (χ3n) is 3.00. The summed E-state index contributed by atoms with van der Waals surface area (Å²) in [4.78, 5) is 23.1. The Labute approximate surface area is 129 Å². The highest BCUT2D eigenvalue weighted by molar-refractivity contribution is 9.10. The molecule has 2 rings (SSSR count). The van der Waals surface area contributed by atoms with Crippen molar-refractivity contribution in [3.63, 3.8) is 0 Å². The highest BCUT2D eigenvalue weighted by Crippen LogP contribution is 2.26. The third-order valence-corrected chi connectivity index (χ3v) is 3.86. The maximum absolute atomic E-state index is 12.2. The molecule has 6 heteroatoms. The first-order valence-electron chi connectivity index (χ1n) is 6.03. The average molecular weight is 350 g/mol. The molecule has 0 saturated carbocycles. The van der Waals surface area contributed by atoms with Crippen molar-refractivity contribution in [2.24, 2.45) is 0 Å². The molecule has 0 heterocycles. The largest absolute Gasteiger partial charge is 0.506 e. The Balaban J connectivity index is 2.33. The average Bonchev–Trinajstić information content (AvgIpc) is 2.43. The summed E-state index contributed by atoms with van der Waals surface area (Å²) in [6.45, 7) is 1.78. The molecule has 108 valence electrons. The molecule has 0 aliphatic carbocycles. The minimum absolute atomic E-state index is 0.0194. The second kappa shape index (κ2) is 5.97. The van der Waals surface area contributed by atoms with Gasteiger partial charge < -0.3 is 15.5 Å². The molecule has 2 aromatic rings. The Morgan fingerprint density at radius 2 is 1.90 bits per heavy atom. The number of carboxylic acid groups (broad SMARTS) is 1. The lowest BCUT2D eigenvalue weighted by Crippen LogP contribution is -2.14. The summed E-state index contributed by atoms with van der Waals surface area (Å²) in [5, 5.41) is 21.2. The number of anilines is 1. The van der Waals surface area contributed by atoms with Crippen molar-refractivity contribution in [2.75, 3.05) is 5.32 Å². The van der Waals surface area contributed by atoms with E-state index in [0.29, 0.717) is 5.56 Å². The number of halogens is 1. The lowest BCUT2D eigenvalue weighted by molar-refractivity contribution is 0.0696. The number of phenols is 1. The number of carboxylic acids is 1. The van der Waals surface area contributed by atoms with Gasteiger partial charge in [-0.25, -0.2) is 4.79 Å². The fraction of sp³-hybridized carbons (Fsp3) is 0.0667. The summed E-state index contributed by atoms with van der Waals surface area (Å²) >= 11 is 3.34. The van der Waals surface area contributed by atoms with Crippen LogP contribution in [-0.4, -0.2) is 22.1 Å². The first kappa shape index (κ1) is 15.1. The molecule has 0 bridgehead atoms. The zero-order valence-corrected chi connectivity index (χ0v) is 12.6. The van der Waals surface area contributed by atoms with Crippen molar-refractivity contribution in [3.05, 3.63) is 57.6 Å². The van der Waals surface area contributed by atoms with Crippen LogP contribution in [0.2, 0.25) is 0 Å². The quantitative estimate of drug-likeness (QED) is 0.741. The number of aromatic carboxylic acids is 1. The van der Waals surface area contributed by atoms with Crippen molar-refractivity contribution in [1.29, 1.82) is 0 Å². The van der Waals surface area contributed by atoms with Crippen LogP contribution in [0.15, 0.2) is 40.9 Å². The van der Waals surface area contributed by atoms with Gasteiger partial charge in [0.1, 0.15) is 5.75 Å². The molecule has 0 aromatic heterocycles. The molecule has 2 aromatic carbocycles. The van der Waals surface area contributed by atoms with Gasteiger partial charge >= 0.3 is 5.97 Å². The van der Waals surface area contributed by atoms with E-state index in [4.69, 9.17) is 5.11 Å². The fourth-order valence-corrected chi connectivity index (χ4v) is 2.18. The van der Waals surface area contributed by atoms with E-state index in [9.17, 15) is 14.7 Å². The molecule has 1 amide bonds. The Bertz CT molecular complexity index is 728. The summed E-state index contributed by atoms with van der Waals surface area (Å²) in [6.07, 6.45) is 0. The van der Waals surface area contributed by atoms with Gasteiger partial charge in [-0.15, -0.1) is 0 Å². The molecule has 21 heavy (non-hydrogen) atoms. The monoisotopic (exact) mass is 349 g/mol. The van der Waals surface area contributed by atoms with E-state index < -0.39 is 11.9 Å². The predicted molar refractivity (Wildman–Crippen MR) is 81.9 cm³/mol. The van der Waals surface area contributed by atoms with E-state index in [-0.39, 0.29) is 17.0 Å². The summed E-state index contributed by atoms with van der Waals surface area (Å²) in [5.74, 6) is -1.75. The van der Waals surface area contributed by atoms with Crippen LogP contribution in [0.25, 0.3) is 0 Å². The van der Waals surface area contributed by atoms with Crippen LogP contribution in [0.3, 0.4) is 0 Å². The number of hydrogen-bond donors (Lipinski definition) is 3. The van der Waals surface area contributed by atoms with E-state index in [2.05, 4.69) is 21.2 Å². The first-order valence-corrected chi connectivity index (χ1v) is 6.82. The van der Waals surface area contributed by atoms with Crippen molar-refractivity contribution >= 4 is 33.5 Å². The van der Waals surface area contributed by atoms with E-state index in [1.165, 1.54) is 18.2 Å². The third kappa shape index (κ3) is 3.22. The Hall–Kier alpha value is -2.34. The minimum Gasteiger partial charge on any atom is -0.506 e. The lowest BCUT2D eigenvalue weighted by atomic mass is 10.1. The first-order chi connectivity index (χ1) is 9.90. The van der Waals surface area contributed by atoms with E-state index in [1.54, 1.807) is 19.1 Å². The number of nitrogens with one attached hydrogen (secondary N) is 1. The van der Waals surface area contributed by atoms with Crippen molar-refractivity contribution in [1.82, 2.24) is 0 Å². The number of phenolic OH excluding ortho intramolecular Hbond substituents is 1. The van der Waals surface area contributed by atoms with Gasteiger partial charge in [0.05, 0.1) is 11.3 Å². The molecule has 0 spiro atoms. The van der Waals surface area contributed by atoms with Crippen molar-refractivity contribution < 1.29 is 19.8 Å². The molecular weight excluding hydrogens is 338 g/mol. The molecule has 3 N–H and O–H groups in total. The standard InChI is InChI=1S/C15H12BrNO4/c1-8-10(3-2-4-11(8)16)14(19)17-12-7-9(15(20)21)5-6-13(12)18/h2-7,18H,1H3,(H,17,19)(H,20,21). The van der Waals surface area contributed by atoms with Crippen LogP contribution in [0.1, 0.15) is 26.3 Å². The fourth-order valence-electron chi connectivity index (χ4n) is 1.81. The van der Waals surface area contributed by atoms with Gasteiger partial charge in [-0.2, -0.15) is 0 Å². The summed E-state index contributed by atoms with van der Waals surface area (Å²) in [5.41, 5.74) is 1.22. The second-order valence-electron chi connectivity index (χ2n) is 4.40. The van der Waals surface area contributed by atoms with Crippen molar-refractivity contribution in [2.45, 2.75) is 6.92 Å². The smallest absolute Gasteiger partial charge is 0.335 e. The number of hydrogen-bond acceptors (Lipinski definition) is 3. The second-order valence-corrected chi connectivity index (χ2v) is 5.26. The molecule has 0 aliphatic heterocycles. The van der Waals surface area contributed by atoms with Gasteiger partial charge in [-0.05, 0) is 42.8 Å². The van der Waals surface area contributed by atoms with Gasteiger partial charge in [0.25, 0.3) is 5.91 Å². The van der Waals surface area contributed by atoms with Gasteiger partial charge in [-0.3, -0.25) is 4.79 Å². The van der Waals surface area contributed by atoms with Crippen LogP contribution >= 0.6 is 15.9 Å². The lowest BCUT2D eigenvalue weighted by Gasteiger charge is -2.10. The van der Waals surface area contributed by atoms with Crippen LogP contribution in [0, 0.1) is 6.92 Å². The van der Waals surface area contributed by atoms with Crippen LogP contribution < -0.4 is 5.32 Å². The van der Waals surface area contributed by atoms with Crippen LogP contribution in [0.5, 0.6) is 5.75 Å². The molecule has 0 atom stereocenters. The summed E-state index contributed by atoms with van der Waals surface area (Å²) < 4.78 is 0.790. The Kier molecular flexibility index (Phi) is 4.28. The summed E-state index contributed by atoms with van der Waals surface area (Å²) in [6, 6.07) is 8.88. The topological polar surface area (TPSA) is 86.6 Å². The molecule has 5 nitrogen and oxygen atoms in total. The molecule has 0 unspecified atom stereocenters. The normalized spacial score (nSPS) is 10.2. The van der Waals surface area contributed by atoms with E-state index >= 15 is 0 Å². The predicted octanol–water partition coefficient (Wildman–Crippen LogP) is 3.41. The number of benzene rings is 2. The number of rotatable bonds is 3. The van der Waals surface area contributed by atoms with Crippen LogP contribution in [0.4, 0.5) is 5.69 Å². The molecule has 0 fully saturated rings. The highest BCUT2D eigenvalue weighted by Gasteiger charge is 2.14. The molecule has 0 saturated heterocycles. The van der Waals surface area contributed by atoms with Gasteiger partial charge in [0, 0.05) is 10.0 Å². The van der Waals surface area contributed by atoms with Gasteiger partial charge in [0.15, 0.2) is 0 Å². The van der Waals surface area contributed by atoms with Crippen LogP contribution in [-0.2, 0) is 0 Å². The Morgan fingerprint density at radius 1 is 1.19 bits per heavy atom. The minimum atomic E-state index is -1.14. The SMILES string of the molecule is Cc1c(Br)cccc1C(=O)Nc1cc(C(=O)O)ccc1O. The number of carbonyl (C=O) groups excluding carboxylic acids is 1. The maximum atomic E-state index is 12.2. The zero-order valence-electron chi connectivity index (χ0n) is 11.1. The number of amides is 1. The van der Waals surface area contributed by atoms with E-state index in [1.807, 2.05) is 6.07 Å². The molecule has 0 aliphatic rings. The van der Waals surface area contributed by atoms with Gasteiger partial charge in [0.2, 0.25) is 0 Å². The number of carbonyl (C=O) groups is 2. The van der Waals surface area contributed by atoms with E-state index in [0.717, 1.165) is 10.0 Å². The maximum Gasteiger partial charge on any atom is 0.335 e. The number of aromatic hydroxyl groups is 1. The molecular formula is C15H12BrNO4. The van der Waals surface area contributed by atoms with Crippen molar-refractivity contribution in [3.8, 4) is 5.75 Å².